The third kappa shape index (κ3) is 4.62. The Kier molecular flexibility index (Phi) is 6.17. The summed E-state index contributed by atoms with van der Waals surface area (Å²) in [5.41, 5.74) is 0.898. The van der Waals surface area contributed by atoms with Crippen molar-refractivity contribution in [2.75, 3.05) is 24.4 Å². The Balaban J connectivity index is 2.12. The second-order valence-electron chi connectivity index (χ2n) is 5.71. The number of hydrogen-bond acceptors (Lipinski definition) is 5. The highest BCUT2D eigenvalue weighted by Crippen LogP contribution is 2.20. The number of ether oxygens (including phenoxy) is 1. The molecule has 0 fully saturated rings. The zero-order valence-electron chi connectivity index (χ0n) is 15.0. The van der Waals surface area contributed by atoms with Crippen LogP contribution in [0.15, 0.2) is 53.4 Å². The minimum absolute atomic E-state index is 0.137. The maximum absolute atomic E-state index is 13.0. The van der Waals surface area contributed by atoms with Gasteiger partial charge in [-0.3, -0.25) is 9.69 Å². The van der Waals surface area contributed by atoms with Gasteiger partial charge in [0, 0.05) is 18.4 Å². The van der Waals surface area contributed by atoms with Crippen LogP contribution in [-0.4, -0.2) is 39.8 Å². The number of nitrogens with zero attached hydrogens (tertiary/aromatic N) is 1. The van der Waals surface area contributed by atoms with Crippen molar-refractivity contribution in [3.8, 4) is 0 Å². The van der Waals surface area contributed by atoms with Gasteiger partial charge in [-0.25, -0.2) is 17.6 Å². The number of carbonyl (C=O) groups excluding carboxylic acids is 2. The predicted molar refractivity (Wildman–Crippen MR) is 98.9 cm³/mol. The summed E-state index contributed by atoms with van der Waals surface area (Å²) in [5.74, 6) is -1.29. The molecule has 0 aromatic heterocycles. The molecule has 0 radical (unpaired) electrons. The van der Waals surface area contributed by atoms with Crippen molar-refractivity contribution in [2.24, 2.45) is 0 Å². The first-order valence-corrected chi connectivity index (χ1v) is 9.43. The van der Waals surface area contributed by atoms with E-state index in [1.807, 2.05) is 0 Å². The second kappa shape index (κ2) is 8.17. The van der Waals surface area contributed by atoms with Crippen molar-refractivity contribution < 1.29 is 27.1 Å². The van der Waals surface area contributed by atoms with E-state index in [1.165, 1.54) is 38.1 Å². The third-order valence-corrected chi connectivity index (χ3v) is 6.02. The smallest absolute Gasteiger partial charge is 0.413 e. The average Bonchev–Trinajstić information content (AvgIpc) is 2.67. The van der Waals surface area contributed by atoms with Gasteiger partial charge in [0.2, 0.25) is 5.91 Å². The number of anilines is 2. The highest BCUT2D eigenvalue weighted by atomic mass is 32.2. The van der Waals surface area contributed by atoms with Gasteiger partial charge in [-0.1, -0.05) is 0 Å². The molecule has 2 rings (SSSR count). The zero-order valence-corrected chi connectivity index (χ0v) is 15.8. The van der Waals surface area contributed by atoms with Crippen molar-refractivity contribution in [3.05, 3.63) is 54.3 Å². The number of benzene rings is 2. The maximum atomic E-state index is 13.0. The Morgan fingerprint density at radius 3 is 2.15 bits per heavy atom. The van der Waals surface area contributed by atoms with E-state index >= 15 is 0 Å². The fourth-order valence-corrected chi connectivity index (χ4v) is 3.49. The van der Waals surface area contributed by atoms with Crippen LogP contribution in [0.5, 0.6) is 0 Å². The second-order valence-corrected chi connectivity index (χ2v) is 7.97. The van der Waals surface area contributed by atoms with E-state index in [0.717, 1.165) is 24.3 Å². The fourth-order valence-electron chi connectivity index (χ4n) is 2.22. The predicted octanol–water partition coefficient (Wildman–Crippen LogP) is 2.83. The van der Waals surface area contributed by atoms with Gasteiger partial charge in [0.25, 0.3) is 0 Å². The topological polar surface area (TPSA) is 92.8 Å². The van der Waals surface area contributed by atoms with E-state index < -0.39 is 32.9 Å². The normalized spacial score (nSPS) is 12.1. The Morgan fingerprint density at radius 2 is 1.63 bits per heavy atom. The summed E-state index contributed by atoms with van der Waals surface area (Å²) < 4.78 is 42.6. The fraction of sp³-hybridized carbons (Fsp3) is 0.222. The Morgan fingerprint density at radius 1 is 1.07 bits per heavy atom. The van der Waals surface area contributed by atoms with Crippen LogP contribution in [0.25, 0.3) is 0 Å². The monoisotopic (exact) mass is 394 g/mol. The molecule has 2 aromatic rings. The van der Waals surface area contributed by atoms with E-state index in [1.54, 1.807) is 12.1 Å². The summed E-state index contributed by atoms with van der Waals surface area (Å²) in [4.78, 5) is 24.9. The molecule has 0 heterocycles. The minimum Gasteiger partial charge on any atom is -0.452 e. The lowest BCUT2D eigenvalue weighted by molar-refractivity contribution is -0.115. The van der Waals surface area contributed by atoms with Crippen molar-refractivity contribution in [1.29, 1.82) is 0 Å². The molecule has 2 amide bonds. The van der Waals surface area contributed by atoms with Crippen LogP contribution in [-0.2, 0) is 19.4 Å². The highest BCUT2D eigenvalue weighted by Gasteiger charge is 2.29. The number of hydrogen-bond donors (Lipinski definition) is 1. The largest absolute Gasteiger partial charge is 0.452 e. The summed E-state index contributed by atoms with van der Waals surface area (Å²) in [5, 5.41) is 1.14. The van der Waals surface area contributed by atoms with Crippen LogP contribution < -0.4 is 10.2 Å². The van der Waals surface area contributed by atoms with E-state index in [0.29, 0.717) is 11.4 Å². The molecule has 9 heteroatoms. The SMILES string of the molecule is COC(=O)N(C)c1ccc(NC(=O)C(C)S(=O)(=O)c2ccc(F)cc2)cc1. The van der Waals surface area contributed by atoms with Crippen molar-refractivity contribution in [1.82, 2.24) is 0 Å². The zero-order chi connectivity index (χ0) is 20.2. The third-order valence-electron chi connectivity index (χ3n) is 3.95. The molecular formula is C18H19FN2O5S. The van der Waals surface area contributed by atoms with Crippen LogP contribution in [0, 0.1) is 5.82 Å². The van der Waals surface area contributed by atoms with Gasteiger partial charge in [0.15, 0.2) is 9.84 Å². The van der Waals surface area contributed by atoms with Crippen molar-refractivity contribution in [2.45, 2.75) is 17.1 Å². The molecule has 0 saturated carbocycles. The van der Waals surface area contributed by atoms with Crippen LogP contribution in [0.1, 0.15) is 6.92 Å². The molecule has 0 aliphatic heterocycles. The molecule has 0 aliphatic rings. The first-order chi connectivity index (χ1) is 12.7. The lowest BCUT2D eigenvalue weighted by atomic mass is 10.2. The van der Waals surface area contributed by atoms with Crippen molar-refractivity contribution >= 4 is 33.2 Å². The molecule has 2 aromatic carbocycles. The summed E-state index contributed by atoms with van der Waals surface area (Å²) in [7, 11) is -1.17. The Bertz CT molecular complexity index is 927. The Labute approximate surface area is 156 Å². The molecule has 144 valence electrons. The molecule has 0 saturated heterocycles. The number of amides is 2. The number of methoxy groups -OCH3 is 1. The maximum Gasteiger partial charge on any atom is 0.413 e. The van der Waals surface area contributed by atoms with Gasteiger partial charge >= 0.3 is 6.09 Å². The van der Waals surface area contributed by atoms with E-state index in [9.17, 15) is 22.4 Å². The van der Waals surface area contributed by atoms with E-state index in [2.05, 4.69) is 10.1 Å². The van der Waals surface area contributed by atoms with Gasteiger partial charge < -0.3 is 10.1 Å². The standard InChI is InChI=1S/C18H19FN2O5S/c1-12(27(24,25)16-10-4-13(19)5-11-16)17(22)20-14-6-8-15(9-7-14)21(2)18(23)26-3/h4-12H,1-3H3,(H,20,22). The Hall–Kier alpha value is -2.94. The van der Waals surface area contributed by atoms with E-state index in [-0.39, 0.29) is 4.90 Å². The van der Waals surface area contributed by atoms with Gasteiger partial charge in [0.1, 0.15) is 11.1 Å². The van der Waals surface area contributed by atoms with Crippen LogP contribution >= 0.6 is 0 Å². The van der Waals surface area contributed by atoms with Gasteiger partial charge in [-0.15, -0.1) is 0 Å². The lowest BCUT2D eigenvalue weighted by Crippen LogP contribution is -2.32. The number of rotatable bonds is 5. The van der Waals surface area contributed by atoms with E-state index in [4.69, 9.17) is 0 Å². The number of sulfone groups is 1. The van der Waals surface area contributed by atoms with Gasteiger partial charge in [-0.05, 0) is 55.5 Å². The van der Waals surface area contributed by atoms with Crippen LogP contribution in [0.4, 0.5) is 20.6 Å². The molecule has 0 aliphatic carbocycles. The first-order valence-electron chi connectivity index (χ1n) is 7.89. The molecule has 0 spiro atoms. The van der Waals surface area contributed by atoms with Gasteiger partial charge in [-0.2, -0.15) is 0 Å². The highest BCUT2D eigenvalue weighted by molar-refractivity contribution is 7.92. The number of halogens is 1. The molecule has 7 nitrogen and oxygen atoms in total. The summed E-state index contributed by atoms with van der Waals surface area (Å²) in [6.45, 7) is 1.26. The number of carbonyl (C=O) groups is 2. The lowest BCUT2D eigenvalue weighted by Gasteiger charge is -2.17. The first kappa shape index (κ1) is 20.4. The molecule has 1 N–H and O–H groups in total. The number of nitrogens with one attached hydrogen (secondary N) is 1. The molecule has 1 unspecified atom stereocenters. The molecule has 0 bridgehead atoms. The average molecular weight is 394 g/mol. The minimum atomic E-state index is -3.96. The van der Waals surface area contributed by atoms with Crippen molar-refractivity contribution in [3.63, 3.8) is 0 Å². The van der Waals surface area contributed by atoms with Gasteiger partial charge in [0.05, 0.1) is 12.0 Å². The van der Waals surface area contributed by atoms with Crippen LogP contribution in [0.2, 0.25) is 0 Å². The van der Waals surface area contributed by atoms with Crippen LogP contribution in [0.3, 0.4) is 0 Å². The molecular weight excluding hydrogens is 375 g/mol. The molecule has 1 atom stereocenters. The summed E-state index contributed by atoms with van der Waals surface area (Å²) in [6, 6.07) is 10.5. The molecule has 27 heavy (non-hydrogen) atoms. The summed E-state index contributed by atoms with van der Waals surface area (Å²) in [6.07, 6.45) is -0.550. The summed E-state index contributed by atoms with van der Waals surface area (Å²) >= 11 is 0. The quantitative estimate of drug-likeness (QED) is 0.787.